The van der Waals surface area contributed by atoms with Gasteiger partial charge in [0.1, 0.15) is 29.0 Å². The van der Waals surface area contributed by atoms with E-state index < -0.39 is 85.3 Å². The Hall–Kier alpha value is -4.61. The number of halogens is 3. The van der Waals surface area contributed by atoms with E-state index in [2.05, 4.69) is 20.3 Å². The van der Waals surface area contributed by atoms with Gasteiger partial charge in [-0.2, -0.15) is 13.2 Å². The van der Waals surface area contributed by atoms with Crippen LogP contribution in [0.4, 0.5) is 18.0 Å². The van der Waals surface area contributed by atoms with E-state index in [9.17, 15) is 40.8 Å². The average molecular weight is 834 g/mol. The summed E-state index contributed by atoms with van der Waals surface area (Å²) in [4.78, 5) is 61.4. The third-order valence-corrected chi connectivity index (χ3v) is 14.3. The number of hydrogen-bond donors (Lipinski definition) is 3. The second kappa shape index (κ2) is 15.2. The van der Waals surface area contributed by atoms with Gasteiger partial charge in [0.25, 0.3) is 5.91 Å². The Balaban J connectivity index is 1.26. The standard InChI is InChI=1S/C40H50F3N5O9S/c1-23(2)21-56-36(52)45-29-11-9-7-5-6-8-10-24-19-39(24,35(51)47-58(53,54)37(3)16-17-37)46-33(49)30-20-38(22-48(30)34(29)50)15-14-26-27-18-25(55-4)12-13-28(27)44-32(31(26)57-38)40(41,42)43/h8,10,12-13,18,23-24,29-30H,5-7,9,11,14-17,19-22H2,1-4H3,(H,45,52)(H,46,49)(H,47,51)/b10-8-/t24-,29?,30-,38+,39+/m0/s1. The summed E-state index contributed by atoms with van der Waals surface area (Å²) in [7, 11) is -2.65. The maximum atomic E-state index is 14.7. The molecule has 58 heavy (non-hydrogen) atoms. The summed E-state index contributed by atoms with van der Waals surface area (Å²) in [6, 6.07) is 1.98. The topological polar surface area (TPSA) is 182 Å². The van der Waals surface area contributed by atoms with Crippen LogP contribution < -0.4 is 24.8 Å². The number of benzene rings is 1. The van der Waals surface area contributed by atoms with E-state index in [1.807, 2.05) is 19.9 Å². The molecular formula is C40H50F3N5O9S. The van der Waals surface area contributed by atoms with E-state index in [0.717, 1.165) is 0 Å². The average Bonchev–Trinajstić information content (AvgIpc) is 4.06. The van der Waals surface area contributed by atoms with Gasteiger partial charge in [0.05, 0.1) is 30.5 Å². The van der Waals surface area contributed by atoms with Crippen LogP contribution in [0, 0.1) is 11.8 Å². The monoisotopic (exact) mass is 833 g/mol. The minimum atomic E-state index is -4.93. The number of aryl methyl sites for hydroxylation is 1. The molecule has 18 heteroatoms. The fraction of sp³-hybridized carbons (Fsp3) is 0.625. The van der Waals surface area contributed by atoms with Gasteiger partial charge in [-0.05, 0) is 82.4 Å². The van der Waals surface area contributed by atoms with Crippen molar-refractivity contribution in [3.05, 3.63) is 41.6 Å². The molecule has 5 atom stereocenters. The molecule has 1 spiro atoms. The Morgan fingerprint density at radius 1 is 1.12 bits per heavy atom. The number of rotatable bonds is 7. The zero-order valence-electron chi connectivity index (χ0n) is 33.0. The first kappa shape index (κ1) is 41.5. The molecule has 1 aromatic heterocycles. The van der Waals surface area contributed by atoms with Gasteiger partial charge in [-0.15, -0.1) is 0 Å². The van der Waals surface area contributed by atoms with Crippen LogP contribution in [0.2, 0.25) is 0 Å². The number of fused-ring (bicyclic) bond motifs is 5. The molecule has 5 aliphatic rings. The quantitative estimate of drug-likeness (QED) is 0.319. The molecule has 3 fully saturated rings. The van der Waals surface area contributed by atoms with Gasteiger partial charge < -0.3 is 29.7 Å². The number of carbonyl (C=O) groups excluding carboxylic acids is 4. The summed E-state index contributed by atoms with van der Waals surface area (Å²) in [5.41, 5.74) is -4.09. The molecule has 3 N–H and O–H groups in total. The Morgan fingerprint density at radius 3 is 2.57 bits per heavy atom. The van der Waals surface area contributed by atoms with Crippen molar-refractivity contribution in [1.82, 2.24) is 25.2 Å². The van der Waals surface area contributed by atoms with Crippen molar-refractivity contribution in [1.29, 1.82) is 0 Å². The Labute approximate surface area is 335 Å². The number of aromatic nitrogens is 1. The molecule has 2 aliphatic carbocycles. The van der Waals surface area contributed by atoms with Gasteiger partial charge in [-0.1, -0.05) is 38.8 Å². The number of pyridine rings is 1. The van der Waals surface area contributed by atoms with Crippen molar-refractivity contribution in [2.45, 2.75) is 126 Å². The van der Waals surface area contributed by atoms with Crippen molar-refractivity contribution in [3.8, 4) is 11.5 Å². The molecule has 2 aromatic rings. The maximum absolute atomic E-state index is 14.7. The third kappa shape index (κ3) is 8.04. The fourth-order valence-electron chi connectivity index (χ4n) is 8.25. The first-order valence-corrected chi connectivity index (χ1v) is 21.3. The second-order valence-corrected chi connectivity index (χ2v) is 19.2. The molecule has 4 amide bonds. The SMILES string of the molecule is COc1ccc2nc(C(F)(F)F)c3c(c2c1)CC[C@]1(C[C@H]2C(=O)N[C@]4(C(=O)NS(=O)(=O)C5(C)CC5)C[C@@H]4/C=C\CCCCCC(NC(=O)OCC(C)C)C(=O)N2C1)O3. The van der Waals surface area contributed by atoms with Crippen LogP contribution in [0.25, 0.3) is 10.9 Å². The molecule has 316 valence electrons. The van der Waals surface area contributed by atoms with Crippen LogP contribution >= 0.6 is 0 Å². The molecule has 4 heterocycles. The highest BCUT2D eigenvalue weighted by Crippen LogP contribution is 2.50. The van der Waals surface area contributed by atoms with Gasteiger partial charge in [-0.25, -0.2) is 18.2 Å². The highest BCUT2D eigenvalue weighted by atomic mass is 32.2. The molecule has 1 unspecified atom stereocenters. The van der Waals surface area contributed by atoms with Gasteiger partial charge in [0.15, 0.2) is 11.4 Å². The number of nitrogens with one attached hydrogen (secondary N) is 3. The number of sulfonamides is 1. The fourth-order valence-corrected chi connectivity index (χ4v) is 9.57. The number of ether oxygens (including phenoxy) is 3. The summed E-state index contributed by atoms with van der Waals surface area (Å²) < 4.78 is 88.7. The van der Waals surface area contributed by atoms with E-state index >= 15 is 0 Å². The van der Waals surface area contributed by atoms with E-state index in [-0.39, 0.29) is 62.3 Å². The molecule has 2 saturated carbocycles. The highest BCUT2D eigenvalue weighted by molar-refractivity contribution is 7.91. The van der Waals surface area contributed by atoms with Gasteiger partial charge in [0, 0.05) is 23.3 Å². The smallest absolute Gasteiger partial charge is 0.437 e. The Bertz CT molecular complexity index is 2140. The zero-order valence-corrected chi connectivity index (χ0v) is 33.8. The summed E-state index contributed by atoms with van der Waals surface area (Å²) >= 11 is 0. The lowest BCUT2D eigenvalue weighted by atomic mass is 9.87. The molecule has 14 nitrogen and oxygen atoms in total. The van der Waals surface area contributed by atoms with E-state index in [1.165, 1.54) is 31.1 Å². The molecule has 1 aromatic carbocycles. The molecule has 1 saturated heterocycles. The van der Waals surface area contributed by atoms with Crippen LogP contribution in [0.3, 0.4) is 0 Å². The first-order valence-electron chi connectivity index (χ1n) is 19.9. The number of alkyl halides is 3. The number of methoxy groups -OCH3 is 1. The van der Waals surface area contributed by atoms with Crippen LogP contribution in [-0.4, -0.2) is 90.3 Å². The van der Waals surface area contributed by atoms with Crippen LogP contribution in [0.1, 0.15) is 96.2 Å². The lowest BCUT2D eigenvalue weighted by molar-refractivity contribution is -0.144. The molecule has 7 rings (SSSR count). The van der Waals surface area contributed by atoms with Crippen molar-refractivity contribution >= 4 is 44.7 Å². The third-order valence-electron chi connectivity index (χ3n) is 12.1. The van der Waals surface area contributed by atoms with Crippen LogP contribution in [0.5, 0.6) is 11.5 Å². The van der Waals surface area contributed by atoms with Crippen LogP contribution in [0.15, 0.2) is 30.4 Å². The number of nitrogens with zero attached hydrogens (tertiary/aromatic N) is 2. The first-order chi connectivity index (χ1) is 27.3. The van der Waals surface area contributed by atoms with E-state index in [0.29, 0.717) is 49.7 Å². The van der Waals surface area contributed by atoms with Gasteiger partial charge in [-0.3, -0.25) is 19.1 Å². The van der Waals surface area contributed by atoms with Crippen molar-refractivity contribution < 1.29 is 55.0 Å². The second-order valence-electron chi connectivity index (χ2n) is 17.0. The zero-order chi connectivity index (χ0) is 41.8. The van der Waals surface area contributed by atoms with Crippen molar-refractivity contribution in [2.24, 2.45) is 11.8 Å². The lowest BCUT2D eigenvalue weighted by Gasteiger charge is -2.37. The molecule has 3 aliphatic heterocycles. The predicted octanol–water partition coefficient (Wildman–Crippen LogP) is 5.07. The minimum absolute atomic E-state index is 0.00691. The highest BCUT2D eigenvalue weighted by Gasteiger charge is 2.64. The Kier molecular flexibility index (Phi) is 10.9. The number of alkyl carbamates (subject to hydrolysis) is 1. The number of allylic oxidation sites excluding steroid dienone is 1. The number of hydrogen-bond acceptors (Lipinski definition) is 10. The van der Waals surface area contributed by atoms with Crippen LogP contribution in [-0.2, 0) is 41.7 Å². The summed E-state index contributed by atoms with van der Waals surface area (Å²) in [6.07, 6.45) is 1.32. The molecule has 0 bridgehead atoms. The lowest BCUT2D eigenvalue weighted by Crippen LogP contribution is -2.58. The molecular weight excluding hydrogens is 784 g/mol. The summed E-state index contributed by atoms with van der Waals surface area (Å²) in [5, 5.41) is 5.85. The normalized spacial score (nSPS) is 28.8. The molecule has 0 radical (unpaired) electrons. The Morgan fingerprint density at radius 2 is 1.88 bits per heavy atom. The maximum Gasteiger partial charge on any atom is 0.437 e. The number of carbonyl (C=O) groups is 4. The largest absolute Gasteiger partial charge is 0.497 e. The van der Waals surface area contributed by atoms with E-state index in [4.69, 9.17) is 14.2 Å². The van der Waals surface area contributed by atoms with Gasteiger partial charge >= 0.3 is 12.3 Å². The number of amides is 4. The summed E-state index contributed by atoms with van der Waals surface area (Å²) in [5.74, 6) is -3.05. The van der Waals surface area contributed by atoms with Crippen molar-refractivity contribution in [2.75, 3.05) is 20.3 Å². The minimum Gasteiger partial charge on any atom is -0.497 e. The summed E-state index contributed by atoms with van der Waals surface area (Å²) in [6.45, 7) is 4.99. The van der Waals surface area contributed by atoms with Crippen molar-refractivity contribution in [3.63, 3.8) is 0 Å². The predicted molar refractivity (Wildman–Crippen MR) is 204 cm³/mol. The van der Waals surface area contributed by atoms with Gasteiger partial charge in [0.2, 0.25) is 21.8 Å². The van der Waals surface area contributed by atoms with E-state index in [1.54, 1.807) is 12.1 Å².